The molecule has 0 aliphatic heterocycles. The van der Waals surface area contributed by atoms with E-state index < -0.39 is 0 Å². The van der Waals surface area contributed by atoms with E-state index in [4.69, 9.17) is 0 Å². The lowest BCUT2D eigenvalue weighted by Gasteiger charge is -2.11. The van der Waals surface area contributed by atoms with Gasteiger partial charge in [0.1, 0.15) is 0 Å². The van der Waals surface area contributed by atoms with Crippen LogP contribution in [0.3, 0.4) is 0 Å². The van der Waals surface area contributed by atoms with Gasteiger partial charge in [-0.15, -0.1) is 0 Å². The fourth-order valence-corrected chi connectivity index (χ4v) is 1.62. The Morgan fingerprint density at radius 1 is 0.857 bits per heavy atom. The molecule has 1 heteroatoms. The summed E-state index contributed by atoms with van der Waals surface area (Å²) in [5.74, 6) is 2.84. The van der Waals surface area contributed by atoms with Crippen molar-refractivity contribution in [1.82, 2.24) is 0 Å². The number of hydrogen-bond donors (Lipinski definition) is 0. The van der Waals surface area contributed by atoms with Gasteiger partial charge in [-0.2, -0.15) is 9.90 Å². The van der Waals surface area contributed by atoms with Crippen LogP contribution < -0.4 is 0 Å². The molecule has 1 aliphatic carbocycles. The molecule has 1 unspecified atom stereocenters. The van der Waals surface area contributed by atoms with Crippen LogP contribution in [0.4, 0.5) is 0 Å². The third kappa shape index (κ3) is 12.4. The van der Waals surface area contributed by atoms with Gasteiger partial charge in [-0.05, 0) is 17.8 Å². The molecule has 0 saturated heterocycles. The van der Waals surface area contributed by atoms with Gasteiger partial charge in [-0.1, -0.05) is 67.7 Å². The third-order valence-electron chi connectivity index (χ3n) is 2.34. The zero-order valence-corrected chi connectivity index (χ0v) is 11.7. The Morgan fingerprint density at radius 3 is 1.29 bits per heavy atom. The second-order valence-electron chi connectivity index (χ2n) is 5.02. The maximum Gasteiger partial charge on any atom is -0.0391 e. The molecule has 0 aromatic carbocycles. The molecule has 1 atom stereocenters. The highest BCUT2D eigenvalue weighted by molar-refractivity contribution is 6.92. The normalized spacial score (nSPS) is 15.6. The minimum atomic E-state index is 0. The molecule has 14 heavy (non-hydrogen) atoms. The Bertz CT molecular complexity index is 88.7. The van der Waals surface area contributed by atoms with E-state index in [1.165, 1.54) is 25.7 Å². The summed E-state index contributed by atoms with van der Waals surface area (Å²) >= 11 is 0. The van der Waals surface area contributed by atoms with E-state index in [9.17, 15) is 0 Å². The fraction of sp³-hybridized carbons (Fsp3) is 1.00. The van der Waals surface area contributed by atoms with Crippen molar-refractivity contribution < 1.29 is 0 Å². The van der Waals surface area contributed by atoms with Gasteiger partial charge in [0.2, 0.25) is 0 Å². The molecule has 0 heterocycles. The van der Waals surface area contributed by atoms with E-state index >= 15 is 0 Å². The average Bonchev–Trinajstić information content (AvgIpc) is 2.34. The first-order valence-corrected chi connectivity index (χ1v) is 5.54. The first kappa shape index (κ1) is 19.9. The molecule has 1 fully saturated rings. The van der Waals surface area contributed by atoms with Crippen molar-refractivity contribution in [2.24, 2.45) is 17.8 Å². The standard InChI is InChI=1S/C8H16.C4H10.CH4.H3P/c1-7(2)8-5-3-4-6-8;1-4(2)3;;/h7-8H,3-6H2,1-2H3;4H,1-3H3;1H4;1H3. The second kappa shape index (κ2) is 11.5. The fourth-order valence-electron chi connectivity index (χ4n) is 1.62. The van der Waals surface area contributed by atoms with E-state index in [0.717, 1.165) is 17.8 Å². The maximum atomic E-state index is 2.34. The lowest BCUT2D eigenvalue weighted by molar-refractivity contribution is 0.396. The van der Waals surface area contributed by atoms with E-state index in [1.54, 1.807) is 0 Å². The predicted molar refractivity (Wildman–Crippen MR) is 75.1 cm³/mol. The van der Waals surface area contributed by atoms with Crippen molar-refractivity contribution in [2.45, 2.75) is 67.7 Å². The van der Waals surface area contributed by atoms with Gasteiger partial charge in [-0.3, -0.25) is 0 Å². The van der Waals surface area contributed by atoms with Crippen LogP contribution in [0, 0.1) is 17.8 Å². The van der Waals surface area contributed by atoms with Crippen molar-refractivity contribution >= 4 is 9.90 Å². The topological polar surface area (TPSA) is 0 Å². The van der Waals surface area contributed by atoms with E-state index in [1.807, 2.05) is 0 Å². The number of rotatable bonds is 1. The quantitative estimate of drug-likeness (QED) is 0.533. The van der Waals surface area contributed by atoms with Crippen LogP contribution in [0.5, 0.6) is 0 Å². The van der Waals surface area contributed by atoms with Gasteiger partial charge in [0.05, 0.1) is 0 Å². The lowest BCUT2D eigenvalue weighted by atomic mass is 9.95. The second-order valence-corrected chi connectivity index (χ2v) is 5.02. The van der Waals surface area contributed by atoms with Crippen molar-refractivity contribution in [3.63, 3.8) is 0 Å². The Kier molecular flexibility index (Phi) is 16.4. The molecule has 0 spiro atoms. The van der Waals surface area contributed by atoms with Gasteiger partial charge >= 0.3 is 0 Å². The smallest absolute Gasteiger partial charge is 0.0391 e. The van der Waals surface area contributed by atoms with Crippen molar-refractivity contribution in [3.8, 4) is 0 Å². The molecule has 0 amide bonds. The van der Waals surface area contributed by atoms with Crippen molar-refractivity contribution in [3.05, 3.63) is 0 Å². The molecule has 0 aromatic heterocycles. The van der Waals surface area contributed by atoms with Crippen LogP contribution in [0.25, 0.3) is 0 Å². The number of hydrogen-bond acceptors (Lipinski definition) is 0. The van der Waals surface area contributed by atoms with E-state index in [-0.39, 0.29) is 17.3 Å². The summed E-state index contributed by atoms with van der Waals surface area (Å²) in [6.45, 7) is 11.2. The molecule has 0 bridgehead atoms. The first-order chi connectivity index (χ1) is 5.54. The van der Waals surface area contributed by atoms with Crippen LogP contribution >= 0.6 is 9.90 Å². The SMILES string of the molecule is C.CC(C)C.CC(C)C1CCCC1.P. The third-order valence-corrected chi connectivity index (χ3v) is 2.34. The van der Waals surface area contributed by atoms with E-state index in [0.29, 0.717) is 0 Å². The molecule has 0 radical (unpaired) electrons. The molecule has 90 valence electrons. The Labute approximate surface area is 95.9 Å². The molecule has 0 N–H and O–H groups in total. The van der Waals surface area contributed by atoms with Crippen LogP contribution in [0.1, 0.15) is 67.7 Å². The van der Waals surface area contributed by atoms with Gasteiger partial charge in [0, 0.05) is 0 Å². The molecular formula is C13H33P. The molecule has 1 saturated carbocycles. The summed E-state index contributed by atoms with van der Waals surface area (Å²) in [6, 6.07) is 0. The van der Waals surface area contributed by atoms with Crippen molar-refractivity contribution in [1.29, 1.82) is 0 Å². The summed E-state index contributed by atoms with van der Waals surface area (Å²) in [5.41, 5.74) is 0. The molecule has 1 aliphatic rings. The van der Waals surface area contributed by atoms with Gasteiger partial charge in [0.25, 0.3) is 0 Å². The first-order valence-electron chi connectivity index (χ1n) is 5.54. The summed E-state index contributed by atoms with van der Waals surface area (Å²) in [6.07, 6.45) is 5.97. The minimum absolute atomic E-state index is 0. The molecule has 0 aromatic rings. The monoisotopic (exact) mass is 220 g/mol. The highest BCUT2D eigenvalue weighted by atomic mass is 31.0. The highest BCUT2D eigenvalue weighted by Crippen LogP contribution is 2.30. The molecular weight excluding hydrogens is 187 g/mol. The minimum Gasteiger partial charge on any atom is -0.153 e. The largest absolute Gasteiger partial charge is 0.153 e. The zero-order chi connectivity index (χ0) is 9.56. The molecule has 1 rings (SSSR count). The van der Waals surface area contributed by atoms with Crippen LogP contribution in [0.2, 0.25) is 0 Å². The van der Waals surface area contributed by atoms with Gasteiger partial charge < -0.3 is 0 Å². The van der Waals surface area contributed by atoms with Crippen LogP contribution in [-0.4, -0.2) is 0 Å². The Morgan fingerprint density at radius 2 is 1.14 bits per heavy atom. The Balaban J connectivity index is -0.000000180. The maximum absolute atomic E-state index is 2.34. The van der Waals surface area contributed by atoms with E-state index in [2.05, 4.69) is 34.6 Å². The summed E-state index contributed by atoms with van der Waals surface area (Å²) in [7, 11) is 0. The predicted octanol–water partition coefficient (Wildman–Crippen LogP) is 5.19. The van der Waals surface area contributed by atoms with Crippen LogP contribution in [0.15, 0.2) is 0 Å². The van der Waals surface area contributed by atoms with Gasteiger partial charge in [-0.25, -0.2) is 0 Å². The Hall–Kier alpha value is 0.430. The lowest BCUT2D eigenvalue weighted by Crippen LogP contribution is -2.01. The van der Waals surface area contributed by atoms with Crippen LogP contribution in [-0.2, 0) is 0 Å². The van der Waals surface area contributed by atoms with Crippen molar-refractivity contribution in [2.75, 3.05) is 0 Å². The highest BCUT2D eigenvalue weighted by Gasteiger charge is 2.17. The average molecular weight is 220 g/mol. The summed E-state index contributed by atoms with van der Waals surface area (Å²) in [4.78, 5) is 0. The summed E-state index contributed by atoms with van der Waals surface area (Å²) in [5, 5.41) is 0. The van der Waals surface area contributed by atoms with Gasteiger partial charge in [0.15, 0.2) is 0 Å². The zero-order valence-electron chi connectivity index (χ0n) is 10.3. The summed E-state index contributed by atoms with van der Waals surface area (Å²) < 4.78 is 0. The molecule has 0 nitrogen and oxygen atoms in total.